The second-order valence-corrected chi connectivity index (χ2v) is 11.3. The molecule has 32 heavy (non-hydrogen) atoms. The summed E-state index contributed by atoms with van der Waals surface area (Å²) in [6.45, 7) is 1.48. The fraction of sp³-hybridized carbons (Fsp3) is 0.174. The van der Waals surface area contributed by atoms with Gasteiger partial charge in [0.2, 0.25) is 15.9 Å². The zero-order chi connectivity index (χ0) is 23.3. The van der Waals surface area contributed by atoms with Crippen LogP contribution in [0.15, 0.2) is 86.6 Å². The Bertz CT molecular complexity index is 1190. The molecule has 0 saturated carbocycles. The maximum Gasteiger partial charge on any atom is 0.243 e. The molecule has 3 aromatic rings. The quantitative estimate of drug-likeness (QED) is 0.349. The van der Waals surface area contributed by atoms with Crippen molar-refractivity contribution in [2.24, 2.45) is 0 Å². The van der Waals surface area contributed by atoms with Crippen LogP contribution < -0.4 is 5.32 Å². The molecule has 1 N–H and O–H groups in total. The highest BCUT2D eigenvalue weighted by atomic mass is 79.9. The summed E-state index contributed by atoms with van der Waals surface area (Å²) in [5.41, 5.74) is 1.53. The Labute approximate surface area is 210 Å². The number of nitrogens with zero attached hydrogens (tertiary/aromatic N) is 1. The lowest BCUT2D eigenvalue weighted by Gasteiger charge is -2.24. The van der Waals surface area contributed by atoms with Gasteiger partial charge in [0.1, 0.15) is 0 Å². The minimum atomic E-state index is -3.95. The molecule has 1 atom stereocenters. The average molecular weight is 601 g/mol. The summed E-state index contributed by atoms with van der Waals surface area (Å²) in [4.78, 5) is 12.9. The topological polar surface area (TPSA) is 66.5 Å². The molecule has 3 aromatic carbocycles. The van der Waals surface area contributed by atoms with E-state index in [0.717, 1.165) is 18.8 Å². The number of hydrogen-bond acceptors (Lipinski definition) is 3. The molecule has 0 heterocycles. The lowest BCUT2D eigenvalue weighted by molar-refractivity contribution is -0.122. The number of carbonyl (C=O) groups is 1. The van der Waals surface area contributed by atoms with Crippen LogP contribution in [-0.4, -0.2) is 25.2 Å². The Morgan fingerprint density at radius 2 is 1.53 bits per heavy atom. The van der Waals surface area contributed by atoms with Crippen molar-refractivity contribution in [1.29, 1.82) is 0 Å². The number of amides is 1. The Morgan fingerprint density at radius 3 is 2.12 bits per heavy atom. The Hall–Kier alpha value is -1.71. The molecular weight excluding hydrogens is 580 g/mol. The van der Waals surface area contributed by atoms with Crippen molar-refractivity contribution >= 4 is 59.4 Å². The van der Waals surface area contributed by atoms with Gasteiger partial charge in [-0.3, -0.25) is 4.79 Å². The van der Waals surface area contributed by atoms with Gasteiger partial charge in [-0.05, 0) is 60.5 Å². The van der Waals surface area contributed by atoms with Gasteiger partial charge in [0, 0.05) is 20.5 Å². The predicted molar refractivity (Wildman–Crippen MR) is 134 cm³/mol. The number of benzene rings is 3. The van der Waals surface area contributed by atoms with Gasteiger partial charge in [0.15, 0.2) is 0 Å². The van der Waals surface area contributed by atoms with E-state index in [-0.39, 0.29) is 24.0 Å². The van der Waals surface area contributed by atoms with Crippen LogP contribution >= 0.6 is 43.5 Å². The molecule has 0 saturated heterocycles. The molecule has 0 aliphatic rings. The van der Waals surface area contributed by atoms with Crippen LogP contribution in [0.2, 0.25) is 5.02 Å². The molecule has 0 unspecified atom stereocenters. The minimum Gasteiger partial charge on any atom is -0.348 e. The first kappa shape index (κ1) is 24.9. The minimum absolute atomic E-state index is 0.0296. The third-order valence-corrected chi connectivity index (χ3v) is 8.06. The van der Waals surface area contributed by atoms with E-state index in [1.54, 1.807) is 36.4 Å². The van der Waals surface area contributed by atoms with E-state index in [4.69, 9.17) is 11.6 Å². The molecule has 0 aliphatic carbocycles. The van der Waals surface area contributed by atoms with Crippen LogP contribution in [0.25, 0.3) is 0 Å². The van der Waals surface area contributed by atoms with Crippen LogP contribution in [0.3, 0.4) is 0 Å². The van der Waals surface area contributed by atoms with E-state index in [2.05, 4.69) is 37.2 Å². The zero-order valence-corrected chi connectivity index (χ0v) is 21.9. The van der Waals surface area contributed by atoms with Gasteiger partial charge in [-0.15, -0.1) is 0 Å². The first-order chi connectivity index (χ1) is 15.2. The molecular formula is C23H21Br2ClN2O3S. The molecule has 9 heteroatoms. The van der Waals surface area contributed by atoms with Crippen molar-refractivity contribution in [2.45, 2.75) is 24.4 Å². The third-order valence-electron chi connectivity index (χ3n) is 4.82. The number of rotatable bonds is 8. The maximum atomic E-state index is 13.4. The first-order valence-electron chi connectivity index (χ1n) is 9.71. The summed E-state index contributed by atoms with van der Waals surface area (Å²) < 4.78 is 29.6. The molecule has 0 spiro atoms. The highest BCUT2D eigenvalue weighted by Gasteiger charge is 2.28. The van der Waals surface area contributed by atoms with E-state index in [1.165, 1.54) is 12.1 Å². The summed E-state index contributed by atoms with van der Waals surface area (Å²) in [6.07, 6.45) is 0. The highest BCUT2D eigenvalue weighted by Crippen LogP contribution is 2.24. The summed E-state index contributed by atoms with van der Waals surface area (Å²) in [6, 6.07) is 20.6. The second kappa shape index (κ2) is 10.9. The summed E-state index contributed by atoms with van der Waals surface area (Å²) in [7, 11) is -3.95. The maximum absolute atomic E-state index is 13.4. The van der Waals surface area contributed by atoms with Crippen LogP contribution in [0.5, 0.6) is 0 Å². The first-order valence-corrected chi connectivity index (χ1v) is 13.1. The molecule has 5 nitrogen and oxygen atoms in total. The summed E-state index contributed by atoms with van der Waals surface area (Å²) in [5, 5.41) is 3.32. The Balaban J connectivity index is 1.84. The van der Waals surface area contributed by atoms with E-state index in [1.807, 2.05) is 31.2 Å². The van der Waals surface area contributed by atoms with E-state index >= 15 is 0 Å². The molecule has 3 rings (SSSR count). The van der Waals surface area contributed by atoms with E-state index in [9.17, 15) is 13.2 Å². The van der Waals surface area contributed by atoms with Gasteiger partial charge < -0.3 is 5.32 Å². The molecule has 1 amide bonds. The van der Waals surface area contributed by atoms with Gasteiger partial charge in [0.05, 0.1) is 17.5 Å². The second-order valence-electron chi connectivity index (χ2n) is 7.16. The monoisotopic (exact) mass is 598 g/mol. The molecule has 0 fully saturated rings. The van der Waals surface area contributed by atoms with Crippen LogP contribution in [0, 0.1) is 0 Å². The normalized spacial score (nSPS) is 12.5. The molecule has 0 radical (unpaired) electrons. The largest absolute Gasteiger partial charge is 0.348 e. The van der Waals surface area contributed by atoms with Crippen molar-refractivity contribution in [2.75, 3.05) is 6.54 Å². The van der Waals surface area contributed by atoms with Crippen molar-refractivity contribution < 1.29 is 13.2 Å². The zero-order valence-electron chi connectivity index (χ0n) is 17.1. The van der Waals surface area contributed by atoms with E-state index in [0.29, 0.717) is 10.6 Å². The van der Waals surface area contributed by atoms with Crippen LogP contribution in [-0.2, 0) is 21.4 Å². The fourth-order valence-electron chi connectivity index (χ4n) is 3.08. The summed E-state index contributed by atoms with van der Waals surface area (Å²) in [5.74, 6) is -0.409. The SMILES string of the molecule is C[C@H](NC(=O)CN(Cc1ccccc1Cl)S(=O)(=O)c1ccc(Br)cc1)c1ccc(Br)cc1. The van der Waals surface area contributed by atoms with Crippen molar-refractivity contribution in [3.63, 3.8) is 0 Å². The predicted octanol–water partition coefficient (Wildman–Crippen LogP) is 5.93. The van der Waals surface area contributed by atoms with Gasteiger partial charge in [-0.25, -0.2) is 8.42 Å². The molecule has 0 aromatic heterocycles. The Kier molecular flexibility index (Phi) is 8.52. The third kappa shape index (κ3) is 6.42. The molecule has 0 bridgehead atoms. The smallest absolute Gasteiger partial charge is 0.243 e. The standard InChI is InChI=1S/C23H21Br2ClN2O3S/c1-16(17-6-8-19(24)9-7-17)27-23(29)15-28(14-18-4-2-3-5-22(18)26)32(30,31)21-12-10-20(25)11-13-21/h2-13,16H,14-15H2,1H3,(H,27,29)/t16-/m0/s1. The van der Waals surface area contributed by atoms with Gasteiger partial charge in [-0.2, -0.15) is 4.31 Å². The summed E-state index contributed by atoms with van der Waals surface area (Å²) >= 11 is 13.0. The number of sulfonamides is 1. The van der Waals surface area contributed by atoms with Gasteiger partial charge in [0.25, 0.3) is 0 Å². The van der Waals surface area contributed by atoms with Crippen LogP contribution in [0.4, 0.5) is 0 Å². The van der Waals surface area contributed by atoms with E-state index < -0.39 is 15.9 Å². The number of halogens is 3. The van der Waals surface area contributed by atoms with Gasteiger partial charge >= 0.3 is 0 Å². The lowest BCUT2D eigenvalue weighted by Crippen LogP contribution is -2.41. The average Bonchev–Trinajstić information content (AvgIpc) is 2.75. The van der Waals surface area contributed by atoms with Crippen molar-refractivity contribution in [3.05, 3.63) is 97.9 Å². The number of carbonyl (C=O) groups excluding carboxylic acids is 1. The van der Waals surface area contributed by atoms with Crippen molar-refractivity contribution in [1.82, 2.24) is 9.62 Å². The van der Waals surface area contributed by atoms with Crippen molar-refractivity contribution in [3.8, 4) is 0 Å². The fourth-order valence-corrected chi connectivity index (χ4v) is 5.18. The Morgan fingerprint density at radius 1 is 0.969 bits per heavy atom. The number of nitrogens with one attached hydrogen (secondary N) is 1. The van der Waals surface area contributed by atoms with Gasteiger partial charge in [-0.1, -0.05) is 73.8 Å². The lowest BCUT2D eigenvalue weighted by atomic mass is 10.1. The van der Waals surface area contributed by atoms with Crippen LogP contribution in [0.1, 0.15) is 24.1 Å². The highest BCUT2D eigenvalue weighted by molar-refractivity contribution is 9.10. The molecule has 0 aliphatic heterocycles. The number of hydrogen-bond donors (Lipinski definition) is 1. The molecule has 168 valence electrons.